The minimum Gasteiger partial charge on any atom is -0.454 e. The first-order chi connectivity index (χ1) is 10.7. The van der Waals surface area contributed by atoms with E-state index in [1.165, 1.54) is 6.08 Å². The van der Waals surface area contributed by atoms with Crippen molar-refractivity contribution in [2.45, 2.75) is 6.42 Å². The maximum absolute atomic E-state index is 11.9. The van der Waals surface area contributed by atoms with Crippen molar-refractivity contribution in [2.75, 3.05) is 27.1 Å². The van der Waals surface area contributed by atoms with Crippen LogP contribution >= 0.6 is 11.6 Å². The number of nitrogens with one attached hydrogen (secondary N) is 1. The van der Waals surface area contributed by atoms with E-state index in [0.717, 1.165) is 0 Å². The van der Waals surface area contributed by atoms with Gasteiger partial charge in [-0.15, -0.1) is 0 Å². The third-order valence-electron chi connectivity index (χ3n) is 2.94. The molecule has 1 N–H and O–H groups in total. The van der Waals surface area contributed by atoms with E-state index in [9.17, 15) is 4.79 Å². The van der Waals surface area contributed by atoms with E-state index in [1.807, 2.05) is 6.07 Å². The summed E-state index contributed by atoms with van der Waals surface area (Å²) in [5.41, 5.74) is 0.588. The second-order valence-corrected chi connectivity index (χ2v) is 4.92. The molecule has 6 nitrogen and oxygen atoms in total. The van der Waals surface area contributed by atoms with Crippen LogP contribution in [0.1, 0.15) is 12.0 Å². The van der Waals surface area contributed by atoms with Crippen molar-refractivity contribution in [1.29, 1.82) is 5.26 Å². The predicted molar refractivity (Wildman–Crippen MR) is 80.7 cm³/mol. The maximum atomic E-state index is 11.9. The van der Waals surface area contributed by atoms with Crippen molar-refractivity contribution in [3.8, 4) is 17.6 Å². The highest BCUT2D eigenvalue weighted by atomic mass is 35.5. The molecule has 0 saturated heterocycles. The van der Waals surface area contributed by atoms with Crippen LogP contribution in [0.15, 0.2) is 17.7 Å². The summed E-state index contributed by atoms with van der Waals surface area (Å²) in [7, 11) is 1.59. The van der Waals surface area contributed by atoms with Gasteiger partial charge in [-0.2, -0.15) is 5.26 Å². The highest BCUT2D eigenvalue weighted by Gasteiger charge is 2.18. The van der Waals surface area contributed by atoms with Crippen molar-refractivity contribution >= 4 is 23.6 Å². The Morgan fingerprint density at radius 1 is 1.55 bits per heavy atom. The number of carbonyl (C=O) groups is 1. The minimum atomic E-state index is -0.438. The largest absolute Gasteiger partial charge is 0.454 e. The van der Waals surface area contributed by atoms with Gasteiger partial charge < -0.3 is 19.5 Å². The molecule has 1 aromatic rings. The van der Waals surface area contributed by atoms with E-state index >= 15 is 0 Å². The van der Waals surface area contributed by atoms with E-state index in [4.69, 9.17) is 31.1 Å². The molecule has 0 radical (unpaired) electrons. The molecular weight excluding hydrogens is 308 g/mol. The standard InChI is InChI=1S/C15H15ClN2O4/c1-20-4-2-3-18-15(19)11(8-17)5-10-6-12(16)14-13(7-10)21-9-22-14/h5-7H,2-4,9H2,1H3,(H,18,19)/b11-5-. The molecular formula is C15H15ClN2O4. The molecule has 2 rings (SSSR count). The van der Waals surface area contributed by atoms with Gasteiger partial charge >= 0.3 is 0 Å². The molecule has 1 aliphatic rings. The van der Waals surface area contributed by atoms with Gasteiger partial charge in [0, 0.05) is 20.3 Å². The highest BCUT2D eigenvalue weighted by Crippen LogP contribution is 2.40. The maximum Gasteiger partial charge on any atom is 0.261 e. The van der Waals surface area contributed by atoms with Crippen LogP contribution in [0.5, 0.6) is 11.5 Å². The van der Waals surface area contributed by atoms with Gasteiger partial charge in [-0.25, -0.2) is 0 Å². The molecule has 1 aliphatic heterocycles. The lowest BCUT2D eigenvalue weighted by Gasteiger charge is -2.05. The predicted octanol–water partition coefficient (Wildman–Crippen LogP) is 2.13. The average Bonchev–Trinajstić information content (AvgIpc) is 2.98. The van der Waals surface area contributed by atoms with E-state index in [1.54, 1.807) is 19.2 Å². The summed E-state index contributed by atoms with van der Waals surface area (Å²) in [5.74, 6) is 0.533. The average molecular weight is 323 g/mol. The Labute approximate surface area is 133 Å². The molecule has 0 aliphatic carbocycles. The first kappa shape index (κ1) is 16.1. The Hall–Kier alpha value is -2.23. The van der Waals surface area contributed by atoms with Crippen LogP contribution < -0.4 is 14.8 Å². The van der Waals surface area contributed by atoms with Crippen LogP contribution in [0.3, 0.4) is 0 Å². The van der Waals surface area contributed by atoms with E-state index < -0.39 is 5.91 Å². The lowest BCUT2D eigenvalue weighted by atomic mass is 10.1. The molecule has 1 heterocycles. The zero-order chi connectivity index (χ0) is 15.9. The van der Waals surface area contributed by atoms with Gasteiger partial charge in [-0.05, 0) is 30.2 Å². The number of methoxy groups -OCH3 is 1. The Balaban J connectivity index is 2.10. The monoisotopic (exact) mass is 322 g/mol. The number of halogens is 1. The zero-order valence-electron chi connectivity index (χ0n) is 12.0. The SMILES string of the molecule is COCCCNC(=O)/C(C#N)=C\c1cc(Cl)c2c(c1)OCO2. The van der Waals surface area contributed by atoms with Gasteiger partial charge in [-0.1, -0.05) is 11.6 Å². The van der Waals surface area contributed by atoms with Crippen LogP contribution in [-0.2, 0) is 9.53 Å². The molecule has 0 spiro atoms. The minimum absolute atomic E-state index is 0.00708. The number of amides is 1. The number of nitriles is 1. The topological polar surface area (TPSA) is 80.6 Å². The van der Waals surface area contributed by atoms with Crippen LogP contribution in [-0.4, -0.2) is 33.0 Å². The fourth-order valence-electron chi connectivity index (χ4n) is 1.90. The van der Waals surface area contributed by atoms with Crippen LogP contribution in [0.2, 0.25) is 5.02 Å². The Morgan fingerprint density at radius 2 is 2.36 bits per heavy atom. The molecule has 0 saturated carbocycles. The molecule has 116 valence electrons. The lowest BCUT2D eigenvalue weighted by molar-refractivity contribution is -0.117. The van der Waals surface area contributed by atoms with Gasteiger partial charge in [-0.3, -0.25) is 4.79 Å². The van der Waals surface area contributed by atoms with Crippen LogP contribution in [0.25, 0.3) is 6.08 Å². The second-order valence-electron chi connectivity index (χ2n) is 4.51. The van der Waals surface area contributed by atoms with Crippen molar-refractivity contribution in [3.63, 3.8) is 0 Å². The van der Waals surface area contributed by atoms with E-state index in [0.29, 0.717) is 41.7 Å². The van der Waals surface area contributed by atoms with E-state index in [-0.39, 0.29) is 12.4 Å². The van der Waals surface area contributed by atoms with Gasteiger partial charge in [0.25, 0.3) is 5.91 Å². The summed E-state index contributed by atoms with van der Waals surface area (Å²) >= 11 is 6.07. The molecule has 0 atom stereocenters. The number of rotatable bonds is 6. The normalized spacial score (nSPS) is 12.9. The van der Waals surface area contributed by atoms with Crippen molar-refractivity contribution < 1.29 is 19.0 Å². The Kier molecular flexibility index (Phi) is 5.64. The number of hydrogen-bond donors (Lipinski definition) is 1. The number of hydrogen-bond acceptors (Lipinski definition) is 5. The first-order valence-electron chi connectivity index (χ1n) is 6.63. The Morgan fingerprint density at radius 3 is 3.09 bits per heavy atom. The lowest BCUT2D eigenvalue weighted by Crippen LogP contribution is -2.26. The molecule has 0 aromatic heterocycles. The first-order valence-corrected chi connectivity index (χ1v) is 7.01. The van der Waals surface area contributed by atoms with Crippen molar-refractivity contribution in [2.24, 2.45) is 0 Å². The fraction of sp³-hybridized carbons (Fsp3) is 0.333. The summed E-state index contributed by atoms with van der Waals surface area (Å²) in [4.78, 5) is 11.9. The van der Waals surface area contributed by atoms with Gasteiger partial charge in [0.05, 0.1) is 5.02 Å². The number of benzene rings is 1. The number of carbonyl (C=O) groups excluding carboxylic acids is 1. The van der Waals surface area contributed by atoms with Crippen LogP contribution in [0, 0.1) is 11.3 Å². The third-order valence-corrected chi connectivity index (χ3v) is 3.22. The van der Waals surface area contributed by atoms with Gasteiger partial charge in [0.1, 0.15) is 11.6 Å². The molecule has 0 unspecified atom stereocenters. The van der Waals surface area contributed by atoms with Gasteiger partial charge in [0.2, 0.25) is 6.79 Å². The quantitative estimate of drug-likeness (QED) is 0.493. The summed E-state index contributed by atoms with van der Waals surface area (Å²) < 4.78 is 15.4. The zero-order valence-corrected chi connectivity index (χ0v) is 12.8. The summed E-state index contributed by atoms with van der Waals surface area (Å²) in [5, 5.41) is 12.2. The molecule has 1 aromatic carbocycles. The second kappa shape index (κ2) is 7.69. The van der Waals surface area contributed by atoms with Crippen LogP contribution in [0.4, 0.5) is 0 Å². The Bertz CT molecular complexity index is 637. The van der Waals surface area contributed by atoms with E-state index in [2.05, 4.69) is 5.32 Å². The number of ether oxygens (including phenoxy) is 3. The number of fused-ring (bicyclic) bond motifs is 1. The van der Waals surface area contributed by atoms with Gasteiger partial charge in [0.15, 0.2) is 11.5 Å². The number of nitrogens with zero attached hydrogens (tertiary/aromatic N) is 1. The highest BCUT2D eigenvalue weighted by molar-refractivity contribution is 6.32. The van der Waals surface area contributed by atoms with Crippen molar-refractivity contribution in [1.82, 2.24) is 5.32 Å². The summed E-state index contributed by atoms with van der Waals surface area (Å²) in [6.45, 7) is 1.09. The molecule has 0 bridgehead atoms. The summed E-state index contributed by atoms with van der Waals surface area (Å²) in [6, 6.07) is 5.17. The summed E-state index contributed by atoms with van der Waals surface area (Å²) in [6.07, 6.45) is 2.14. The molecule has 1 amide bonds. The molecule has 22 heavy (non-hydrogen) atoms. The molecule has 0 fully saturated rings. The smallest absolute Gasteiger partial charge is 0.261 e. The fourth-order valence-corrected chi connectivity index (χ4v) is 2.17. The molecule has 7 heteroatoms. The van der Waals surface area contributed by atoms with Crippen molar-refractivity contribution in [3.05, 3.63) is 28.3 Å². The third kappa shape index (κ3) is 3.91.